The molecule has 0 aliphatic heterocycles. The Kier molecular flexibility index (Phi) is 2.52. The van der Waals surface area contributed by atoms with Crippen molar-refractivity contribution in [2.75, 3.05) is 5.73 Å². The molecule has 11 heavy (non-hydrogen) atoms. The van der Waals surface area contributed by atoms with E-state index < -0.39 is 0 Å². The van der Waals surface area contributed by atoms with Crippen molar-refractivity contribution in [3.05, 3.63) is 11.3 Å². The van der Waals surface area contributed by atoms with Gasteiger partial charge in [0.15, 0.2) is 0 Å². The third-order valence-corrected chi connectivity index (χ3v) is 1.73. The van der Waals surface area contributed by atoms with Crippen LogP contribution in [0, 0.1) is 0 Å². The molecule has 1 aromatic heterocycles. The van der Waals surface area contributed by atoms with Gasteiger partial charge < -0.3 is 10.3 Å². The van der Waals surface area contributed by atoms with Gasteiger partial charge in [-0.3, -0.25) is 0 Å². The molecule has 1 rings (SSSR count). The number of rotatable bonds is 3. The number of hydrogen-bond acceptors (Lipinski definition) is 3. The maximum Gasteiger partial charge on any atom is 0.225 e. The van der Waals surface area contributed by atoms with E-state index in [1.807, 2.05) is 0 Å². The first kappa shape index (κ1) is 8.11. The van der Waals surface area contributed by atoms with Crippen LogP contribution in [0.4, 0.5) is 5.88 Å². The largest absolute Gasteiger partial charge is 0.367 e. The van der Waals surface area contributed by atoms with Gasteiger partial charge in [-0.2, -0.15) is 0 Å². The molecule has 0 fully saturated rings. The van der Waals surface area contributed by atoms with Crippen LogP contribution < -0.4 is 5.73 Å². The van der Waals surface area contributed by atoms with Gasteiger partial charge in [0.25, 0.3) is 0 Å². The van der Waals surface area contributed by atoms with Crippen LogP contribution in [-0.2, 0) is 12.8 Å². The lowest BCUT2D eigenvalue weighted by Gasteiger charge is -1.95. The summed E-state index contributed by atoms with van der Waals surface area (Å²) in [6, 6.07) is 0. The molecule has 1 aromatic rings. The molecule has 0 radical (unpaired) electrons. The van der Waals surface area contributed by atoms with Gasteiger partial charge in [-0.1, -0.05) is 25.4 Å². The highest BCUT2D eigenvalue weighted by Gasteiger charge is 2.09. The summed E-state index contributed by atoms with van der Waals surface area (Å²) < 4.78 is 4.87. The third-order valence-electron chi connectivity index (χ3n) is 1.73. The number of nitrogen functional groups attached to an aromatic ring is 1. The summed E-state index contributed by atoms with van der Waals surface area (Å²) in [5.41, 5.74) is 7.67. The van der Waals surface area contributed by atoms with Gasteiger partial charge in [0, 0.05) is 5.56 Å². The topological polar surface area (TPSA) is 52.0 Å². The summed E-state index contributed by atoms with van der Waals surface area (Å²) in [5.74, 6) is 0.490. The number of anilines is 1. The van der Waals surface area contributed by atoms with Crippen LogP contribution in [0.25, 0.3) is 0 Å². The fraction of sp³-hybridized carbons (Fsp3) is 0.625. The standard InChI is InChI=1S/C8H14N2O/c1-3-5-6-7(4-2)10-11-8(6)9/h3-5,9H2,1-2H3. The molecular formula is C8H14N2O. The molecule has 0 amide bonds. The molecular weight excluding hydrogens is 140 g/mol. The van der Waals surface area contributed by atoms with Crippen molar-refractivity contribution in [1.82, 2.24) is 5.16 Å². The zero-order valence-electron chi connectivity index (χ0n) is 7.05. The van der Waals surface area contributed by atoms with Crippen molar-refractivity contribution in [3.8, 4) is 0 Å². The van der Waals surface area contributed by atoms with Gasteiger partial charge in [-0.05, 0) is 12.8 Å². The van der Waals surface area contributed by atoms with E-state index in [0.29, 0.717) is 5.88 Å². The van der Waals surface area contributed by atoms with Gasteiger partial charge >= 0.3 is 0 Å². The summed E-state index contributed by atoms with van der Waals surface area (Å²) >= 11 is 0. The zero-order chi connectivity index (χ0) is 8.27. The van der Waals surface area contributed by atoms with Crippen LogP contribution in [0.3, 0.4) is 0 Å². The average molecular weight is 154 g/mol. The summed E-state index contributed by atoms with van der Waals surface area (Å²) in [6.07, 6.45) is 2.95. The smallest absolute Gasteiger partial charge is 0.225 e. The highest BCUT2D eigenvalue weighted by Crippen LogP contribution is 2.18. The van der Waals surface area contributed by atoms with E-state index in [0.717, 1.165) is 30.5 Å². The zero-order valence-corrected chi connectivity index (χ0v) is 7.05. The minimum Gasteiger partial charge on any atom is -0.367 e. The highest BCUT2D eigenvalue weighted by atomic mass is 16.5. The average Bonchev–Trinajstić information content (AvgIpc) is 2.34. The lowest BCUT2D eigenvalue weighted by molar-refractivity contribution is 0.428. The molecule has 62 valence electrons. The van der Waals surface area contributed by atoms with E-state index >= 15 is 0 Å². The summed E-state index contributed by atoms with van der Waals surface area (Å²) in [5, 5.41) is 3.85. The molecule has 0 unspecified atom stereocenters. The first-order chi connectivity index (χ1) is 5.29. The number of nitrogens with two attached hydrogens (primary N) is 1. The van der Waals surface area contributed by atoms with Crippen molar-refractivity contribution < 1.29 is 4.52 Å². The first-order valence-electron chi connectivity index (χ1n) is 4.02. The van der Waals surface area contributed by atoms with Crippen LogP contribution in [0.15, 0.2) is 4.52 Å². The Labute approximate surface area is 66.6 Å². The molecule has 0 bridgehead atoms. The Morgan fingerprint density at radius 1 is 1.45 bits per heavy atom. The Morgan fingerprint density at radius 2 is 2.18 bits per heavy atom. The van der Waals surface area contributed by atoms with Crippen LogP contribution in [0.1, 0.15) is 31.5 Å². The molecule has 0 aliphatic carbocycles. The normalized spacial score (nSPS) is 10.4. The molecule has 0 aromatic carbocycles. The van der Waals surface area contributed by atoms with Crippen molar-refractivity contribution in [1.29, 1.82) is 0 Å². The molecule has 0 aliphatic rings. The van der Waals surface area contributed by atoms with Crippen LogP contribution in [0.5, 0.6) is 0 Å². The minimum atomic E-state index is 0.490. The molecule has 0 saturated carbocycles. The predicted octanol–water partition coefficient (Wildman–Crippen LogP) is 1.77. The molecule has 1 heterocycles. The Balaban J connectivity index is 2.88. The van der Waals surface area contributed by atoms with E-state index in [1.54, 1.807) is 0 Å². The van der Waals surface area contributed by atoms with Crippen molar-refractivity contribution >= 4 is 5.88 Å². The maximum atomic E-state index is 5.57. The Morgan fingerprint density at radius 3 is 2.73 bits per heavy atom. The number of nitrogens with zero attached hydrogens (tertiary/aromatic N) is 1. The third kappa shape index (κ3) is 1.53. The maximum absolute atomic E-state index is 5.57. The summed E-state index contributed by atoms with van der Waals surface area (Å²) in [4.78, 5) is 0. The molecule has 2 N–H and O–H groups in total. The second-order valence-electron chi connectivity index (χ2n) is 2.58. The quantitative estimate of drug-likeness (QED) is 0.721. The van der Waals surface area contributed by atoms with Crippen LogP contribution in [-0.4, -0.2) is 5.16 Å². The fourth-order valence-electron chi connectivity index (χ4n) is 1.15. The first-order valence-corrected chi connectivity index (χ1v) is 4.02. The van der Waals surface area contributed by atoms with E-state index in [1.165, 1.54) is 0 Å². The van der Waals surface area contributed by atoms with Gasteiger partial charge in [0.05, 0.1) is 5.69 Å². The van der Waals surface area contributed by atoms with Crippen molar-refractivity contribution in [2.24, 2.45) is 0 Å². The SMILES string of the molecule is CCCc1c(CC)noc1N. The summed E-state index contributed by atoms with van der Waals surface area (Å²) in [7, 11) is 0. The predicted molar refractivity (Wildman–Crippen MR) is 44.3 cm³/mol. The summed E-state index contributed by atoms with van der Waals surface area (Å²) in [6.45, 7) is 4.17. The lowest BCUT2D eigenvalue weighted by atomic mass is 10.1. The van der Waals surface area contributed by atoms with Crippen LogP contribution >= 0.6 is 0 Å². The molecule has 3 nitrogen and oxygen atoms in total. The molecule has 0 spiro atoms. The second-order valence-corrected chi connectivity index (χ2v) is 2.58. The van der Waals surface area contributed by atoms with Gasteiger partial charge in [0.1, 0.15) is 0 Å². The number of hydrogen-bond donors (Lipinski definition) is 1. The fourth-order valence-corrected chi connectivity index (χ4v) is 1.15. The van der Waals surface area contributed by atoms with Gasteiger partial charge in [0.2, 0.25) is 5.88 Å². The van der Waals surface area contributed by atoms with Crippen LogP contribution in [0.2, 0.25) is 0 Å². The highest BCUT2D eigenvalue weighted by molar-refractivity contribution is 5.38. The molecule has 3 heteroatoms. The van der Waals surface area contributed by atoms with E-state index in [4.69, 9.17) is 10.3 Å². The monoisotopic (exact) mass is 154 g/mol. The molecule has 0 saturated heterocycles. The van der Waals surface area contributed by atoms with E-state index in [-0.39, 0.29) is 0 Å². The second kappa shape index (κ2) is 3.42. The van der Waals surface area contributed by atoms with Crippen molar-refractivity contribution in [2.45, 2.75) is 33.1 Å². The van der Waals surface area contributed by atoms with Gasteiger partial charge in [-0.15, -0.1) is 0 Å². The van der Waals surface area contributed by atoms with Gasteiger partial charge in [-0.25, -0.2) is 0 Å². The Bertz CT molecular complexity index is 230. The van der Waals surface area contributed by atoms with Crippen molar-refractivity contribution in [3.63, 3.8) is 0 Å². The van der Waals surface area contributed by atoms with E-state index in [2.05, 4.69) is 19.0 Å². The molecule has 0 atom stereocenters. The lowest BCUT2D eigenvalue weighted by Crippen LogP contribution is -1.93. The van der Waals surface area contributed by atoms with E-state index in [9.17, 15) is 0 Å². The Hall–Kier alpha value is -0.990. The number of aryl methyl sites for hydroxylation is 1. The minimum absolute atomic E-state index is 0.490. The number of aromatic nitrogens is 1.